The molecule has 2 aliphatic carbocycles. The van der Waals surface area contributed by atoms with E-state index in [1.54, 1.807) is 10.9 Å². The SMILES string of the molecule is O=C(NC1CCN(C(=O)c2ccc3c(Cl)c4c(nc3c2)CCCC4)CC1)c1cn(C2CC2)nn1. The maximum absolute atomic E-state index is 13.2. The van der Waals surface area contributed by atoms with Gasteiger partial charge in [-0.1, -0.05) is 22.9 Å². The van der Waals surface area contributed by atoms with Gasteiger partial charge in [-0.05, 0) is 69.1 Å². The Bertz CT molecular complexity index is 1280. The van der Waals surface area contributed by atoms with Crippen molar-refractivity contribution in [2.75, 3.05) is 13.1 Å². The smallest absolute Gasteiger partial charge is 0.273 e. The molecular weight excluding hydrogens is 452 g/mol. The van der Waals surface area contributed by atoms with Crippen molar-refractivity contribution in [1.82, 2.24) is 30.2 Å². The molecular formula is C25H27ClN6O2. The number of aromatic nitrogens is 4. The van der Waals surface area contributed by atoms with Crippen LogP contribution in [0.15, 0.2) is 24.4 Å². The second-order valence-corrected chi connectivity index (χ2v) is 10.0. The quantitative estimate of drug-likeness (QED) is 0.616. The summed E-state index contributed by atoms with van der Waals surface area (Å²) in [5.74, 6) is -0.202. The third-order valence-corrected chi connectivity index (χ3v) is 7.65. The monoisotopic (exact) mass is 478 g/mol. The van der Waals surface area contributed by atoms with Gasteiger partial charge in [-0.25, -0.2) is 4.68 Å². The van der Waals surface area contributed by atoms with Gasteiger partial charge in [0.05, 0.1) is 22.8 Å². The molecule has 0 bridgehead atoms. The number of fused-ring (bicyclic) bond motifs is 2. The van der Waals surface area contributed by atoms with Crippen molar-refractivity contribution in [1.29, 1.82) is 0 Å². The summed E-state index contributed by atoms with van der Waals surface area (Å²) in [5.41, 5.74) is 4.01. The van der Waals surface area contributed by atoms with Crippen LogP contribution >= 0.6 is 11.6 Å². The molecule has 1 saturated heterocycles. The molecule has 9 heteroatoms. The Kier molecular flexibility index (Phi) is 5.48. The van der Waals surface area contributed by atoms with E-state index in [9.17, 15) is 9.59 Å². The lowest BCUT2D eigenvalue weighted by molar-refractivity contribution is 0.0698. The van der Waals surface area contributed by atoms with Crippen LogP contribution in [0.1, 0.15) is 76.7 Å². The molecule has 0 atom stereocenters. The van der Waals surface area contributed by atoms with Gasteiger partial charge in [-0.2, -0.15) is 0 Å². The van der Waals surface area contributed by atoms with Crippen LogP contribution < -0.4 is 5.32 Å². The highest BCUT2D eigenvalue weighted by molar-refractivity contribution is 6.36. The molecule has 6 rings (SSSR count). The molecule has 34 heavy (non-hydrogen) atoms. The van der Waals surface area contributed by atoms with E-state index >= 15 is 0 Å². The van der Waals surface area contributed by atoms with E-state index in [0.717, 1.165) is 60.1 Å². The maximum atomic E-state index is 13.2. The van der Waals surface area contributed by atoms with E-state index in [1.807, 2.05) is 23.1 Å². The minimum Gasteiger partial charge on any atom is -0.348 e. The summed E-state index contributed by atoms with van der Waals surface area (Å²) < 4.78 is 1.78. The molecule has 1 N–H and O–H groups in total. The number of piperidine rings is 1. The predicted octanol–water partition coefficient (Wildman–Crippen LogP) is 3.73. The first-order valence-corrected chi connectivity index (χ1v) is 12.6. The normalized spacial score (nSPS) is 18.7. The van der Waals surface area contributed by atoms with Gasteiger partial charge in [0.2, 0.25) is 0 Å². The Balaban J connectivity index is 1.10. The molecule has 1 saturated carbocycles. The Labute approximate surface area is 202 Å². The van der Waals surface area contributed by atoms with Crippen molar-refractivity contribution >= 4 is 34.3 Å². The van der Waals surface area contributed by atoms with Crippen molar-refractivity contribution in [3.63, 3.8) is 0 Å². The van der Waals surface area contributed by atoms with Crippen LogP contribution in [0.3, 0.4) is 0 Å². The Morgan fingerprint density at radius 2 is 1.85 bits per heavy atom. The molecule has 3 heterocycles. The summed E-state index contributed by atoms with van der Waals surface area (Å²) in [7, 11) is 0. The molecule has 3 aliphatic rings. The zero-order valence-electron chi connectivity index (χ0n) is 19.0. The molecule has 0 spiro atoms. The van der Waals surface area contributed by atoms with Gasteiger partial charge >= 0.3 is 0 Å². The summed E-state index contributed by atoms with van der Waals surface area (Å²) in [4.78, 5) is 32.4. The first-order valence-electron chi connectivity index (χ1n) is 12.2. The van der Waals surface area contributed by atoms with Crippen molar-refractivity contribution in [3.8, 4) is 0 Å². The highest BCUT2D eigenvalue weighted by Gasteiger charge is 2.28. The van der Waals surface area contributed by atoms with E-state index in [0.29, 0.717) is 43.2 Å². The van der Waals surface area contributed by atoms with Crippen LogP contribution in [-0.2, 0) is 12.8 Å². The highest BCUT2D eigenvalue weighted by atomic mass is 35.5. The zero-order chi connectivity index (χ0) is 23.2. The second kappa shape index (κ2) is 8.65. The number of rotatable bonds is 4. The van der Waals surface area contributed by atoms with Crippen LogP contribution in [0.5, 0.6) is 0 Å². The number of carbonyl (C=O) groups excluding carboxylic acids is 2. The van der Waals surface area contributed by atoms with Crippen LogP contribution in [0.25, 0.3) is 10.9 Å². The number of hydrogen-bond acceptors (Lipinski definition) is 5. The van der Waals surface area contributed by atoms with Gasteiger partial charge in [0.25, 0.3) is 11.8 Å². The van der Waals surface area contributed by atoms with Gasteiger partial charge in [0.15, 0.2) is 5.69 Å². The van der Waals surface area contributed by atoms with Gasteiger partial charge in [0, 0.05) is 35.8 Å². The number of likely N-dealkylation sites (tertiary alicyclic amines) is 1. The molecule has 0 radical (unpaired) electrons. The topological polar surface area (TPSA) is 93.0 Å². The molecule has 2 fully saturated rings. The van der Waals surface area contributed by atoms with E-state index < -0.39 is 0 Å². The first kappa shape index (κ1) is 21.5. The lowest BCUT2D eigenvalue weighted by atomic mass is 9.94. The van der Waals surface area contributed by atoms with Gasteiger partial charge < -0.3 is 10.2 Å². The average molecular weight is 479 g/mol. The Morgan fingerprint density at radius 1 is 1.06 bits per heavy atom. The minimum atomic E-state index is -0.197. The van der Waals surface area contributed by atoms with Crippen LogP contribution in [-0.4, -0.2) is 55.8 Å². The van der Waals surface area contributed by atoms with E-state index in [-0.39, 0.29) is 17.9 Å². The number of benzene rings is 1. The molecule has 2 aromatic heterocycles. The van der Waals surface area contributed by atoms with Gasteiger partial charge in [0.1, 0.15) is 0 Å². The summed E-state index contributed by atoms with van der Waals surface area (Å²) in [6.07, 6.45) is 9.53. The lowest BCUT2D eigenvalue weighted by Crippen LogP contribution is -2.46. The number of halogens is 1. The molecule has 3 aromatic rings. The standard InChI is InChI=1S/C25H27ClN6O2/c26-23-18-3-1-2-4-20(18)28-21-13-15(5-8-19(21)23)25(34)31-11-9-16(10-12-31)27-24(33)22-14-32(30-29-22)17-6-7-17/h5,8,13-14,16-17H,1-4,6-7,9-12H2,(H,27,33). The Morgan fingerprint density at radius 3 is 2.65 bits per heavy atom. The molecule has 176 valence electrons. The van der Waals surface area contributed by atoms with Crippen molar-refractivity contribution < 1.29 is 9.59 Å². The molecule has 0 unspecified atom stereocenters. The number of carbonyl (C=O) groups is 2. The third kappa shape index (κ3) is 4.04. The van der Waals surface area contributed by atoms with Crippen molar-refractivity contribution in [2.24, 2.45) is 0 Å². The number of hydrogen-bond donors (Lipinski definition) is 1. The summed E-state index contributed by atoms with van der Waals surface area (Å²) >= 11 is 6.68. The fourth-order valence-corrected chi connectivity index (χ4v) is 5.43. The zero-order valence-corrected chi connectivity index (χ0v) is 19.7. The second-order valence-electron chi connectivity index (χ2n) is 9.64. The number of amides is 2. The fourth-order valence-electron chi connectivity index (χ4n) is 5.07. The number of nitrogens with one attached hydrogen (secondary N) is 1. The summed E-state index contributed by atoms with van der Waals surface area (Å²) in [6.45, 7) is 1.18. The van der Waals surface area contributed by atoms with Gasteiger partial charge in [-0.3, -0.25) is 14.6 Å². The van der Waals surface area contributed by atoms with Crippen molar-refractivity contribution in [3.05, 3.63) is 51.9 Å². The number of aryl methyl sites for hydroxylation is 1. The van der Waals surface area contributed by atoms with Crippen LogP contribution in [0, 0.1) is 0 Å². The van der Waals surface area contributed by atoms with Gasteiger partial charge in [-0.15, -0.1) is 5.10 Å². The molecule has 2 amide bonds. The predicted molar refractivity (Wildman–Crippen MR) is 128 cm³/mol. The average Bonchev–Trinajstić information content (AvgIpc) is 3.60. The summed E-state index contributed by atoms with van der Waals surface area (Å²) in [6, 6.07) is 6.07. The van der Waals surface area contributed by atoms with Crippen molar-refractivity contribution in [2.45, 2.75) is 63.5 Å². The summed E-state index contributed by atoms with van der Waals surface area (Å²) in [5, 5.41) is 12.8. The number of nitrogens with zero attached hydrogens (tertiary/aromatic N) is 5. The molecule has 1 aliphatic heterocycles. The Hall–Kier alpha value is -3.00. The first-order chi connectivity index (χ1) is 16.6. The maximum Gasteiger partial charge on any atom is 0.273 e. The van der Waals surface area contributed by atoms with Crippen LogP contribution in [0.2, 0.25) is 5.02 Å². The minimum absolute atomic E-state index is 0.00491. The number of pyridine rings is 1. The van der Waals surface area contributed by atoms with Crippen LogP contribution in [0.4, 0.5) is 0 Å². The fraction of sp³-hybridized carbons (Fsp3) is 0.480. The lowest BCUT2D eigenvalue weighted by Gasteiger charge is -2.32. The molecule has 1 aromatic carbocycles. The third-order valence-electron chi connectivity index (χ3n) is 7.22. The van der Waals surface area contributed by atoms with E-state index in [2.05, 4.69) is 15.6 Å². The molecule has 8 nitrogen and oxygen atoms in total. The van der Waals surface area contributed by atoms with E-state index in [4.69, 9.17) is 16.6 Å². The largest absolute Gasteiger partial charge is 0.348 e. The highest BCUT2D eigenvalue weighted by Crippen LogP contribution is 2.34. The van der Waals surface area contributed by atoms with E-state index in [1.165, 1.54) is 5.56 Å².